The summed E-state index contributed by atoms with van der Waals surface area (Å²) in [5.41, 5.74) is 8.95. The SMILES string of the molecule is Nc1cccc2[nH]c(NC(=O)O)nc12.c1ccc(C2CC2)cc1. The van der Waals surface area contributed by atoms with Crippen LogP contribution in [0.4, 0.5) is 16.4 Å². The van der Waals surface area contributed by atoms with Crippen LogP contribution in [0, 0.1) is 0 Å². The summed E-state index contributed by atoms with van der Waals surface area (Å²) < 4.78 is 0. The molecular weight excluding hydrogens is 292 g/mol. The summed E-state index contributed by atoms with van der Waals surface area (Å²) in [6, 6.07) is 16.0. The van der Waals surface area contributed by atoms with E-state index in [9.17, 15) is 4.79 Å². The fourth-order valence-electron chi connectivity index (χ4n) is 2.36. The minimum Gasteiger partial charge on any atom is -0.465 e. The van der Waals surface area contributed by atoms with Crippen molar-refractivity contribution in [3.8, 4) is 0 Å². The fraction of sp³-hybridized carbons (Fsp3) is 0.176. The van der Waals surface area contributed by atoms with Gasteiger partial charge in [-0.15, -0.1) is 0 Å². The van der Waals surface area contributed by atoms with Crippen LogP contribution in [-0.4, -0.2) is 21.2 Å². The first-order valence-electron chi connectivity index (χ1n) is 7.42. The molecule has 4 rings (SSSR count). The number of hydrogen-bond donors (Lipinski definition) is 4. The molecule has 3 aromatic rings. The monoisotopic (exact) mass is 310 g/mol. The largest absolute Gasteiger partial charge is 0.465 e. The number of H-pyrrole nitrogens is 1. The van der Waals surface area contributed by atoms with Gasteiger partial charge in [0.1, 0.15) is 5.52 Å². The third-order valence-corrected chi connectivity index (χ3v) is 3.62. The van der Waals surface area contributed by atoms with E-state index in [1.54, 1.807) is 18.2 Å². The number of aromatic nitrogens is 2. The van der Waals surface area contributed by atoms with Crippen LogP contribution in [0.5, 0.6) is 0 Å². The van der Waals surface area contributed by atoms with Gasteiger partial charge in [0, 0.05) is 0 Å². The number of nitrogens with one attached hydrogen (secondary N) is 2. The summed E-state index contributed by atoms with van der Waals surface area (Å²) in [5, 5.41) is 10.6. The summed E-state index contributed by atoms with van der Waals surface area (Å²) in [7, 11) is 0. The van der Waals surface area contributed by atoms with E-state index < -0.39 is 6.09 Å². The lowest BCUT2D eigenvalue weighted by atomic mass is 10.1. The lowest BCUT2D eigenvalue weighted by Crippen LogP contribution is -2.08. The molecule has 23 heavy (non-hydrogen) atoms. The molecule has 6 heteroatoms. The first-order chi connectivity index (χ1) is 11.1. The van der Waals surface area contributed by atoms with E-state index in [1.165, 1.54) is 18.4 Å². The van der Waals surface area contributed by atoms with Crippen molar-refractivity contribution >= 4 is 28.8 Å². The second kappa shape index (κ2) is 6.39. The Labute approximate surface area is 133 Å². The number of amides is 1. The van der Waals surface area contributed by atoms with Gasteiger partial charge >= 0.3 is 6.09 Å². The Balaban J connectivity index is 0.000000149. The molecule has 1 aromatic heterocycles. The molecule has 2 aromatic carbocycles. The predicted octanol–water partition coefficient (Wildman–Crippen LogP) is 3.80. The van der Waals surface area contributed by atoms with E-state index in [0.29, 0.717) is 16.7 Å². The molecule has 1 fully saturated rings. The van der Waals surface area contributed by atoms with Crippen molar-refractivity contribution in [1.29, 1.82) is 0 Å². The maximum absolute atomic E-state index is 10.3. The Kier molecular flexibility index (Phi) is 4.14. The lowest BCUT2D eigenvalue weighted by Gasteiger charge is -1.92. The number of anilines is 2. The number of carboxylic acid groups (broad SMARTS) is 1. The van der Waals surface area contributed by atoms with Gasteiger partial charge in [0.15, 0.2) is 0 Å². The van der Waals surface area contributed by atoms with E-state index >= 15 is 0 Å². The summed E-state index contributed by atoms with van der Waals surface area (Å²) in [6.07, 6.45) is 1.65. The van der Waals surface area contributed by atoms with Gasteiger partial charge in [0.05, 0.1) is 11.2 Å². The van der Waals surface area contributed by atoms with Crippen LogP contribution in [0.25, 0.3) is 11.0 Å². The molecule has 6 nitrogen and oxygen atoms in total. The minimum absolute atomic E-state index is 0.172. The second-order valence-electron chi connectivity index (χ2n) is 5.44. The number of rotatable bonds is 2. The molecule has 1 aliphatic carbocycles. The minimum atomic E-state index is -1.16. The maximum Gasteiger partial charge on any atom is 0.411 e. The number of hydrogen-bond acceptors (Lipinski definition) is 3. The number of nitrogens with two attached hydrogens (primary N) is 1. The number of para-hydroxylation sites is 1. The van der Waals surface area contributed by atoms with E-state index in [4.69, 9.17) is 10.8 Å². The van der Waals surface area contributed by atoms with E-state index in [-0.39, 0.29) is 5.95 Å². The van der Waals surface area contributed by atoms with Crippen LogP contribution in [0.15, 0.2) is 48.5 Å². The van der Waals surface area contributed by atoms with Gasteiger partial charge in [-0.2, -0.15) is 0 Å². The van der Waals surface area contributed by atoms with E-state index in [0.717, 1.165) is 5.92 Å². The Morgan fingerprint density at radius 1 is 1.17 bits per heavy atom. The molecular formula is C17H18N4O2. The highest BCUT2D eigenvalue weighted by molar-refractivity contribution is 5.90. The third kappa shape index (κ3) is 3.79. The molecule has 1 heterocycles. The molecule has 1 amide bonds. The first-order valence-corrected chi connectivity index (χ1v) is 7.42. The van der Waals surface area contributed by atoms with Crippen molar-refractivity contribution < 1.29 is 9.90 Å². The predicted molar refractivity (Wildman–Crippen MR) is 90.6 cm³/mol. The Morgan fingerprint density at radius 2 is 1.91 bits per heavy atom. The topological polar surface area (TPSA) is 104 Å². The zero-order valence-electron chi connectivity index (χ0n) is 12.5. The third-order valence-electron chi connectivity index (χ3n) is 3.62. The number of nitrogens with zero attached hydrogens (tertiary/aromatic N) is 1. The van der Waals surface area contributed by atoms with Crippen molar-refractivity contribution in [3.05, 3.63) is 54.1 Å². The molecule has 0 saturated heterocycles. The number of carbonyl (C=O) groups is 1. The molecule has 0 aliphatic heterocycles. The molecule has 0 atom stereocenters. The van der Waals surface area contributed by atoms with Gasteiger partial charge in [0.25, 0.3) is 0 Å². The summed E-state index contributed by atoms with van der Waals surface area (Å²) in [4.78, 5) is 17.1. The van der Waals surface area contributed by atoms with Gasteiger partial charge in [-0.3, -0.25) is 5.32 Å². The zero-order chi connectivity index (χ0) is 16.2. The summed E-state index contributed by atoms with van der Waals surface area (Å²) >= 11 is 0. The number of imidazole rings is 1. The normalized spacial score (nSPS) is 13.2. The van der Waals surface area contributed by atoms with Gasteiger partial charge < -0.3 is 15.8 Å². The highest BCUT2D eigenvalue weighted by atomic mass is 16.4. The average Bonchev–Trinajstić information content (AvgIpc) is 3.30. The second-order valence-corrected chi connectivity index (χ2v) is 5.44. The van der Waals surface area contributed by atoms with Gasteiger partial charge in [-0.25, -0.2) is 9.78 Å². The lowest BCUT2D eigenvalue weighted by molar-refractivity contribution is 0.209. The first kappa shape index (κ1) is 14.9. The Morgan fingerprint density at radius 3 is 2.52 bits per heavy atom. The fourth-order valence-corrected chi connectivity index (χ4v) is 2.36. The van der Waals surface area contributed by atoms with Crippen molar-refractivity contribution in [2.75, 3.05) is 11.1 Å². The van der Waals surface area contributed by atoms with E-state index in [2.05, 4.69) is 45.6 Å². The van der Waals surface area contributed by atoms with Gasteiger partial charge in [-0.05, 0) is 36.5 Å². The zero-order valence-corrected chi connectivity index (χ0v) is 12.5. The van der Waals surface area contributed by atoms with Crippen molar-refractivity contribution in [2.24, 2.45) is 0 Å². The quantitative estimate of drug-likeness (QED) is 0.540. The van der Waals surface area contributed by atoms with Crippen LogP contribution in [0.2, 0.25) is 0 Å². The van der Waals surface area contributed by atoms with Crippen LogP contribution in [0.3, 0.4) is 0 Å². The number of benzene rings is 2. The molecule has 0 bridgehead atoms. The molecule has 0 unspecified atom stereocenters. The molecule has 1 aliphatic rings. The summed E-state index contributed by atoms with van der Waals surface area (Å²) in [5.74, 6) is 1.08. The molecule has 1 saturated carbocycles. The van der Waals surface area contributed by atoms with E-state index in [1.807, 2.05) is 0 Å². The Hall–Kier alpha value is -3.02. The Bertz CT molecular complexity index is 810. The van der Waals surface area contributed by atoms with Crippen LogP contribution < -0.4 is 11.1 Å². The van der Waals surface area contributed by atoms with Gasteiger partial charge in [-0.1, -0.05) is 36.4 Å². The number of fused-ring (bicyclic) bond motifs is 1. The van der Waals surface area contributed by atoms with Crippen molar-refractivity contribution in [2.45, 2.75) is 18.8 Å². The molecule has 0 spiro atoms. The highest BCUT2D eigenvalue weighted by Crippen LogP contribution is 2.39. The molecule has 5 N–H and O–H groups in total. The van der Waals surface area contributed by atoms with Crippen LogP contribution in [-0.2, 0) is 0 Å². The smallest absolute Gasteiger partial charge is 0.411 e. The highest BCUT2D eigenvalue weighted by Gasteiger charge is 2.22. The van der Waals surface area contributed by atoms with Crippen LogP contribution >= 0.6 is 0 Å². The van der Waals surface area contributed by atoms with Crippen molar-refractivity contribution in [1.82, 2.24) is 9.97 Å². The summed E-state index contributed by atoms with van der Waals surface area (Å²) in [6.45, 7) is 0. The van der Waals surface area contributed by atoms with Gasteiger partial charge in [0.2, 0.25) is 5.95 Å². The average molecular weight is 310 g/mol. The molecule has 0 radical (unpaired) electrons. The molecule has 118 valence electrons. The standard InChI is InChI=1S/C9H10.C8H8N4O2/c1-2-4-8(5-3-1)9-6-7-9;9-4-2-1-3-5-6(4)11-7(10-5)12-8(13)14/h1-5,9H,6-7H2;1-3H,9H2,(H,13,14)(H2,10,11,12). The van der Waals surface area contributed by atoms with Crippen LogP contribution in [0.1, 0.15) is 24.3 Å². The number of aromatic amines is 1. The maximum atomic E-state index is 10.3. The van der Waals surface area contributed by atoms with Crippen molar-refractivity contribution in [3.63, 3.8) is 0 Å². The number of nitrogen functional groups attached to an aromatic ring is 1.